The minimum Gasteiger partial charge on any atom is -0.387 e. The largest absolute Gasteiger partial charge is 0.387 e. The van der Waals surface area contributed by atoms with E-state index in [1.165, 1.54) is 0 Å². The van der Waals surface area contributed by atoms with Gasteiger partial charge in [-0.25, -0.2) is 4.98 Å². The normalized spacial score (nSPS) is 10.4. The van der Waals surface area contributed by atoms with E-state index in [9.17, 15) is 4.79 Å². The molecule has 0 fully saturated rings. The molecule has 0 atom stereocenters. The number of carbonyl (C=O) groups is 1. The number of hydrogen-bond donors (Lipinski definition) is 2. The second-order valence-corrected chi connectivity index (χ2v) is 4.07. The van der Waals surface area contributed by atoms with Gasteiger partial charge in [-0.1, -0.05) is 26.7 Å². The molecule has 0 unspecified atom stereocenters. The average molecular weight is 235 g/mol. The lowest BCUT2D eigenvalue weighted by molar-refractivity contribution is 0.0941. The minimum absolute atomic E-state index is 0.0976. The standard InChI is InChI=1S/C13H21N3O/c1-4-10(5-2)8-16-13(17)12-7-6-11(14-3)9-15-12/h6-7,9-10,14H,4-5,8H2,1-3H3,(H,16,17). The van der Waals surface area contributed by atoms with Gasteiger partial charge in [0.25, 0.3) is 5.91 Å². The Hall–Kier alpha value is -1.58. The Morgan fingerprint density at radius 2 is 2.06 bits per heavy atom. The van der Waals surface area contributed by atoms with E-state index in [0.717, 1.165) is 25.1 Å². The average Bonchev–Trinajstić information content (AvgIpc) is 2.39. The van der Waals surface area contributed by atoms with Crippen molar-refractivity contribution in [3.05, 3.63) is 24.0 Å². The first-order valence-electron chi connectivity index (χ1n) is 6.13. The number of rotatable bonds is 6. The predicted molar refractivity (Wildman–Crippen MR) is 70.2 cm³/mol. The minimum atomic E-state index is -0.0976. The number of amides is 1. The highest BCUT2D eigenvalue weighted by molar-refractivity contribution is 5.92. The van der Waals surface area contributed by atoms with Crippen LogP contribution in [0.4, 0.5) is 5.69 Å². The van der Waals surface area contributed by atoms with Crippen LogP contribution in [0.25, 0.3) is 0 Å². The van der Waals surface area contributed by atoms with Crippen molar-refractivity contribution in [3.8, 4) is 0 Å². The molecule has 1 heterocycles. The molecule has 1 aromatic rings. The Bertz CT molecular complexity index is 344. The molecule has 94 valence electrons. The summed E-state index contributed by atoms with van der Waals surface area (Å²) in [5.74, 6) is 0.454. The van der Waals surface area contributed by atoms with Gasteiger partial charge in [0, 0.05) is 13.6 Å². The van der Waals surface area contributed by atoms with Crippen molar-refractivity contribution < 1.29 is 4.79 Å². The van der Waals surface area contributed by atoms with Crippen molar-refractivity contribution in [3.63, 3.8) is 0 Å². The highest BCUT2D eigenvalue weighted by Crippen LogP contribution is 2.07. The van der Waals surface area contributed by atoms with Gasteiger partial charge in [0.1, 0.15) is 5.69 Å². The summed E-state index contributed by atoms with van der Waals surface area (Å²) in [6.45, 7) is 5.00. The van der Waals surface area contributed by atoms with Crippen LogP contribution in [-0.4, -0.2) is 24.5 Å². The fourth-order valence-corrected chi connectivity index (χ4v) is 1.58. The van der Waals surface area contributed by atoms with Crippen molar-refractivity contribution in [1.29, 1.82) is 0 Å². The fourth-order valence-electron chi connectivity index (χ4n) is 1.58. The van der Waals surface area contributed by atoms with Crippen molar-refractivity contribution in [1.82, 2.24) is 10.3 Å². The molecule has 0 aromatic carbocycles. The summed E-state index contributed by atoms with van der Waals surface area (Å²) in [4.78, 5) is 15.9. The number of hydrogen-bond acceptors (Lipinski definition) is 3. The topological polar surface area (TPSA) is 54.0 Å². The monoisotopic (exact) mass is 235 g/mol. The summed E-state index contributed by atoms with van der Waals surface area (Å²) in [6.07, 6.45) is 3.83. The summed E-state index contributed by atoms with van der Waals surface area (Å²) in [6, 6.07) is 3.58. The van der Waals surface area contributed by atoms with Crippen molar-refractivity contribution >= 4 is 11.6 Å². The zero-order valence-corrected chi connectivity index (χ0v) is 10.8. The van der Waals surface area contributed by atoms with Gasteiger partial charge in [-0.2, -0.15) is 0 Å². The van der Waals surface area contributed by atoms with E-state index in [1.54, 1.807) is 12.3 Å². The number of anilines is 1. The van der Waals surface area contributed by atoms with E-state index in [1.807, 2.05) is 13.1 Å². The number of carbonyl (C=O) groups excluding carboxylic acids is 1. The smallest absolute Gasteiger partial charge is 0.269 e. The molecule has 1 amide bonds. The lowest BCUT2D eigenvalue weighted by Crippen LogP contribution is -2.29. The van der Waals surface area contributed by atoms with Gasteiger partial charge in [-0.05, 0) is 18.1 Å². The van der Waals surface area contributed by atoms with E-state index in [0.29, 0.717) is 11.6 Å². The van der Waals surface area contributed by atoms with Gasteiger partial charge in [-0.3, -0.25) is 4.79 Å². The van der Waals surface area contributed by atoms with Crippen LogP contribution < -0.4 is 10.6 Å². The van der Waals surface area contributed by atoms with Crippen LogP contribution in [0.15, 0.2) is 18.3 Å². The van der Waals surface area contributed by atoms with Gasteiger partial charge >= 0.3 is 0 Å². The summed E-state index contributed by atoms with van der Waals surface area (Å²) in [5, 5.41) is 5.88. The van der Waals surface area contributed by atoms with E-state index in [2.05, 4.69) is 29.5 Å². The zero-order valence-electron chi connectivity index (χ0n) is 10.8. The number of aromatic nitrogens is 1. The highest BCUT2D eigenvalue weighted by atomic mass is 16.1. The quantitative estimate of drug-likeness (QED) is 0.795. The van der Waals surface area contributed by atoms with E-state index in [-0.39, 0.29) is 5.91 Å². The third kappa shape index (κ3) is 4.06. The van der Waals surface area contributed by atoms with Crippen LogP contribution in [-0.2, 0) is 0 Å². The molecule has 1 aromatic heterocycles. The van der Waals surface area contributed by atoms with Crippen LogP contribution in [0.3, 0.4) is 0 Å². The molecule has 0 aliphatic heterocycles. The molecule has 0 aliphatic rings. The molecule has 0 bridgehead atoms. The van der Waals surface area contributed by atoms with Crippen molar-refractivity contribution in [2.24, 2.45) is 5.92 Å². The highest BCUT2D eigenvalue weighted by Gasteiger charge is 2.09. The molecule has 17 heavy (non-hydrogen) atoms. The molecule has 0 saturated heterocycles. The van der Waals surface area contributed by atoms with E-state index >= 15 is 0 Å². The molecular weight excluding hydrogens is 214 g/mol. The Morgan fingerprint density at radius 1 is 1.35 bits per heavy atom. The van der Waals surface area contributed by atoms with Gasteiger partial charge in [0.15, 0.2) is 0 Å². The number of nitrogens with zero attached hydrogens (tertiary/aromatic N) is 1. The lowest BCUT2D eigenvalue weighted by atomic mass is 10.0. The fraction of sp³-hybridized carbons (Fsp3) is 0.538. The van der Waals surface area contributed by atoms with Crippen LogP contribution in [0.5, 0.6) is 0 Å². The molecular formula is C13H21N3O. The van der Waals surface area contributed by atoms with Crippen molar-refractivity contribution in [2.75, 3.05) is 18.9 Å². The third-order valence-corrected chi connectivity index (χ3v) is 2.99. The Labute approximate surface area is 103 Å². The lowest BCUT2D eigenvalue weighted by Gasteiger charge is -2.12. The first kappa shape index (κ1) is 13.5. The molecule has 4 heteroatoms. The molecule has 1 rings (SSSR count). The first-order chi connectivity index (χ1) is 8.21. The van der Waals surface area contributed by atoms with E-state index in [4.69, 9.17) is 0 Å². The SMILES string of the molecule is CCC(CC)CNC(=O)c1ccc(NC)cn1. The number of nitrogens with one attached hydrogen (secondary N) is 2. The molecule has 0 spiro atoms. The van der Waals surface area contributed by atoms with Gasteiger partial charge in [0.05, 0.1) is 11.9 Å². The molecule has 0 saturated carbocycles. The maximum Gasteiger partial charge on any atom is 0.269 e. The second-order valence-electron chi connectivity index (χ2n) is 4.07. The summed E-state index contributed by atoms with van der Waals surface area (Å²) in [7, 11) is 1.82. The van der Waals surface area contributed by atoms with Gasteiger partial charge in [-0.15, -0.1) is 0 Å². The van der Waals surface area contributed by atoms with Crippen LogP contribution >= 0.6 is 0 Å². The van der Waals surface area contributed by atoms with Crippen LogP contribution in [0, 0.1) is 5.92 Å². The van der Waals surface area contributed by atoms with Gasteiger partial charge in [0.2, 0.25) is 0 Å². The summed E-state index contributed by atoms with van der Waals surface area (Å²) in [5.41, 5.74) is 1.37. The van der Waals surface area contributed by atoms with Gasteiger partial charge < -0.3 is 10.6 Å². The Morgan fingerprint density at radius 3 is 2.53 bits per heavy atom. The summed E-state index contributed by atoms with van der Waals surface area (Å²) >= 11 is 0. The maximum atomic E-state index is 11.8. The third-order valence-electron chi connectivity index (χ3n) is 2.99. The maximum absolute atomic E-state index is 11.8. The van der Waals surface area contributed by atoms with E-state index < -0.39 is 0 Å². The van der Waals surface area contributed by atoms with Crippen LogP contribution in [0.1, 0.15) is 37.2 Å². The Balaban J connectivity index is 2.51. The predicted octanol–water partition coefficient (Wildman–Crippen LogP) is 2.29. The van der Waals surface area contributed by atoms with Crippen LogP contribution in [0.2, 0.25) is 0 Å². The zero-order chi connectivity index (χ0) is 12.7. The molecule has 0 aliphatic carbocycles. The number of pyridine rings is 1. The van der Waals surface area contributed by atoms with Crippen molar-refractivity contribution in [2.45, 2.75) is 26.7 Å². The first-order valence-corrected chi connectivity index (χ1v) is 6.13. The second kappa shape index (κ2) is 6.89. The molecule has 0 radical (unpaired) electrons. The molecule has 4 nitrogen and oxygen atoms in total. The Kier molecular flexibility index (Phi) is 5.46. The molecule has 2 N–H and O–H groups in total. The summed E-state index contributed by atoms with van der Waals surface area (Å²) < 4.78 is 0.